The van der Waals surface area contributed by atoms with Crippen molar-refractivity contribution in [1.29, 1.82) is 0 Å². The fourth-order valence-corrected chi connectivity index (χ4v) is 4.40. The molecule has 0 aromatic heterocycles. The Balaban J connectivity index is 2.35. The highest BCUT2D eigenvalue weighted by Crippen LogP contribution is 2.30. The molecule has 1 unspecified atom stereocenters. The first-order valence-electron chi connectivity index (χ1n) is 5.93. The van der Waals surface area contributed by atoms with E-state index >= 15 is 0 Å². The van der Waals surface area contributed by atoms with E-state index in [1.807, 2.05) is 0 Å². The van der Waals surface area contributed by atoms with E-state index in [9.17, 15) is 17.6 Å². The highest BCUT2D eigenvalue weighted by atomic mass is 32.2. The van der Waals surface area contributed by atoms with Gasteiger partial charge < -0.3 is 16.2 Å². The van der Waals surface area contributed by atoms with E-state index in [4.69, 9.17) is 10.8 Å². The van der Waals surface area contributed by atoms with Crippen molar-refractivity contribution in [3.63, 3.8) is 0 Å². The SMILES string of the molecule is CC1(Nc2cc(C(=O)O)c(N)cc2F)CCS(=O)(=O)C1. The first kappa shape index (κ1) is 14.6. The Morgan fingerprint density at radius 1 is 1.50 bits per heavy atom. The highest BCUT2D eigenvalue weighted by molar-refractivity contribution is 7.91. The van der Waals surface area contributed by atoms with Crippen LogP contribution in [0.4, 0.5) is 15.8 Å². The molecule has 1 aromatic rings. The van der Waals surface area contributed by atoms with Crippen molar-refractivity contribution < 1.29 is 22.7 Å². The fourth-order valence-electron chi connectivity index (χ4n) is 2.30. The largest absolute Gasteiger partial charge is 0.478 e. The van der Waals surface area contributed by atoms with Gasteiger partial charge in [0.2, 0.25) is 0 Å². The Labute approximate surface area is 115 Å². The number of benzene rings is 1. The average Bonchev–Trinajstić information content (AvgIpc) is 2.56. The van der Waals surface area contributed by atoms with Gasteiger partial charge in [0.05, 0.1) is 22.8 Å². The summed E-state index contributed by atoms with van der Waals surface area (Å²) in [4.78, 5) is 11.0. The first-order chi connectivity index (χ1) is 9.12. The molecule has 0 radical (unpaired) electrons. The van der Waals surface area contributed by atoms with Crippen LogP contribution in [0.25, 0.3) is 0 Å². The molecule has 1 aromatic carbocycles. The summed E-state index contributed by atoms with van der Waals surface area (Å²) in [6, 6.07) is 2.00. The second kappa shape index (κ2) is 4.62. The Kier molecular flexibility index (Phi) is 3.37. The van der Waals surface area contributed by atoms with Crippen LogP contribution in [0.15, 0.2) is 12.1 Å². The van der Waals surface area contributed by atoms with E-state index < -0.39 is 27.2 Å². The molecule has 4 N–H and O–H groups in total. The Bertz CT molecular complexity index is 674. The Morgan fingerprint density at radius 2 is 2.15 bits per heavy atom. The van der Waals surface area contributed by atoms with Gasteiger partial charge in [0.1, 0.15) is 5.82 Å². The number of rotatable bonds is 3. The number of hydrogen-bond acceptors (Lipinski definition) is 5. The number of carboxylic acids is 1. The lowest BCUT2D eigenvalue weighted by Gasteiger charge is -2.26. The third-order valence-electron chi connectivity index (χ3n) is 3.31. The summed E-state index contributed by atoms with van der Waals surface area (Å²) >= 11 is 0. The van der Waals surface area contributed by atoms with E-state index in [2.05, 4.69) is 5.32 Å². The molecule has 1 fully saturated rings. The zero-order chi connectivity index (χ0) is 15.1. The van der Waals surface area contributed by atoms with Gasteiger partial charge in [0, 0.05) is 11.2 Å². The van der Waals surface area contributed by atoms with Gasteiger partial charge in [-0.1, -0.05) is 0 Å². The van der Waals surface area contributed by atoms with Crippen LogP contribution >= 0.6 is 0 Å². The molecule has 0 spiro atoms. The minimum Gasteiger partial charge on any atom is -0.478 e. The van der Waals surface area contributed by atoms with Gasteiger partial charge in [0.25, 0.3) is 0 Å². The predicted molar refractivity (Wildman–Crippen MR) is 73.1 cm³/mol. The molecule has 8 heteroatoms. The van der Waals surface area contributed by atoms with E-state index in [0.717, 1.165) is 12.1 Å². The van der Waals surface area contributed by atoms with Gasteiger partial charge in [-0.3, -0.25) is 0 Å². The molecule has 6 nitrogen and oxygen atoms in total. The van der Waals surface area contributed by atoms with Crippen LogP contribution < -0.4 is 11.1 Å². The molecule has 1 heterocycles. The van der Waals surface area contributed by atoms with Crippen LogP contribution in [0.5, 0.6) is 0 Å². The maximum atomic E-state index is 13.8. The zero-order valence-electron chi connectivity index (χ0n) is 10.8. The highest BCUT2D eigenvalue weighted by Gasteiger charge is 2.38. The van der Waals surface area contributed by atoms with Crippen molar-refractivity contribution in [3.05, 3.63) is 23.5 Å². The summed E-state index contributed by atoms with van der Waals surface area (Å²) in [5.41, 5.74) is 4.16. The van der Waals surface area contributed by atoms with Crippen LogP contribution in [-0.2, 0) is 9.84 Å². The lowest BCUT2D eigenvalue weighted by Crippen LogP contribution is -2.36. The quantitative estimate of drug-likeness (QED) is 0.721. The second-order valence-corrected chi connectivity index (χ2v) is 7.44. The normalized spacial score (nSPS) is 24.5. The average molecular weight is 302 g/mol. The molecule has 1 saturated heterocycles. The lowest BCUT2D eigenvalue weighted by atomic mass is 10.0. The maximum absolute atomic E-state index is 13.8. The van der Waals surface area contributed by atoms with Gasteiger partial charge in [-0.25, -0.2) is 17.6 Å². The molecule has 0 amide bonds. The number of nitrogens with two attached hydrogens (primary N) is 1. The summed E-state index contributed by atoms with van der Waals surface area (Å²) in [6.07, 6.45) is 0.335. The van der Waals surface area contributed by atoms with Crippen LogP contribution in [0.1, 0.15) is 23.7 Å². The van der Waals surface area contributed by atoms with Gasteiger partial charge in [-0.2, -0.15) is 0 Å². The fraction of sp³-hybridized carbons (Fsp3) is 0.417. The van der Waals surface area contributed by atoms with Crippen LogP contribution in [0.3, 0.4) is 0 Å². The number of anilines is 2. The third kappa shape index (κ3) is 2.84. The van der Waals surface area contributed by atoms with Crippen LogP contribution in [-0.4, -0.2) is 36.5 Å². The van der Waals surface area contributed by atoms with Crippen molar-refractivity contribution in [2.75, 3.05) is 22.6 Å². The summed E-state index contributed by atoms with van der Waals surface area (Å²) in [5.74, 6) is -2.07. The zero-order valence-corrected chi connectivity index (χ0v) is 11.6. The van der Waals surface area contributed by atoms with Crippen molar-refractivity contribution in [2.24, 2.45) is 0 Å². The number of hydrogen-bond donors (Lipinski definition) is 3. The first-order valence-corrected chi connectivity index (χ1v) is 7.75. The third-order valence-corrected chi connectivity index (χ3v) is 5.21. The lowest BCUT2D eigenvalue weighted by molar-refractivity contribution is 0.0698. The Morgan fingerprint density at radius 3 is 2.65 bits per heavy atom. The molecule has 110 valence electrons. The number of sulfone groups is 1. The van der Waals surface area contributed by atoms with Gasteiger partial charge in [-0.15, -0.1) is 0 Å². The number of carbonyl (C=O) groups is 1. The molecule has 1 atom stereocenters. The van der Waals surface area contributed by atoms with Crippen molar-refractivity contribution in [1.82, 2.24) is 0 Å². The molecule has 0 saturated carbocycles. The minimum absolute atomic E-state index is 0.0267. The summed E-state index contributed by atoms with van der Waals surface area (Å²) < 4.78 is 36.8. The number of nitrogen functional groups attached to an aromatic ring is 1. The van der Waals surface area contributed by atoms with Gasteiger partial charge in [-0.05, 0) is 25.5 Å². The number of nitrogens with one attached hydrogen (secondary N) is 1. The predicted octanol–water partition coefficient (Wildman–Crippen LogP) is 1.10. The van der Waals surface area contributed by atoms with Gasteiger partial charge in [0.15, 0.2) is 9.84 Å². The molecule has 0 aliphatic carbocycles. The monoisotopic (exact) mass is 302 g/mol. The van der Waals surface area contributed by atoms with Gasteiger partial charge >= 0.3 is 5.97 Å². The Hall–Kier alpha value is -1.83. The molecular weight excluding hydrogens is 287 g/mol. The van der Waals surface area contributed by atoms with Crippen LogP contribution in [0, 0.1) is 5.82 Å². The van der Waals surface area contributed by atoms with E-state index in [0.29, 0.717) is 6.42 Å². The number of aromatic carboxylic acids is 1. The molecule has 2 rings (SSSR count). The topological polar surface area (TPSA) is 109 Å². The molecule has 20 heavy (non-hydrogen) atoms. The summed E-state index contributed by atoms with van der Waals surface area (Å²) in [5, 5.41) is 11.8. The number of carboxylic acid groups (broad SMARTS) is 1. The molecule has 1 aliphatic rings. The van der Waals surface area contributed by atoms with Crippen molar-refractivity contribution in [2.45, 2.75) is 18.9 Å². The maximum Gasteiger partial charge on any atom is 0.337 e. The van der Waals surface area contributed by atoms with E-state index in [1.165, 1.54) is 0 Å². The minimum atomic E-state index is -3.15. The standard InChI is InChI=1S/C12H15FN2O4S/c1-12(2-3-20(18,19)6-12)15-10-4-7(11(16)17)9(14)5-8(10)13/h4-5,15H,2-3,6,14H2,1H3,(H,16,17). The summed E-state index contributed by atoms with van der Waals surface area (Å²) in [6.45, 7) is 1.66. The van der Waals surface area contributed by atoms with E-state index in [1.54, 1.807) is 6.92 Å². The molecule has 1 aliphatic heterocycles. The van der Waals surface area contributed by atoms with Crippen molar-refractivity contribution in [3.8, 4) is 0 Å². The second-order valence-electron chi connectivity index (χ2n) is 5.25. The van der Waals surface area contributed by atoms with Crippen molar-refractivity contribution >= 4 is 27.2 Å². The summed E-state index contributed by atoms with van der Waals surface area (Å²) in [7, 11) is -3.15. The smallest absolute Gasteiger partial charge is 0.337 e. The molecule has 0 bridgehead atoms. The molecular formula is C12H15FN2O4S. The van der Waals surface area contributed by atoms with E-state index in [-0.39, 0.29) is 28.4 Å². The number of halogens is 1. The van der Waals surface area contributed by atoms with Crippen LogP contribution in [0.2, 0.25) is 0 Å².